The molecule has 7 nitrogen and oxygen atoms in total. The standard InChI is InChI=1S/C32H38N2O5/c1-23(2)30(35)14-9-19-33-20-21-39-26-17-15-24(16-18-26)22-29(32(37)38-3)34-28-13-8-7-12-27(28)31(36)25-10-5-4-6-11-25/h4-8,10-13,15-18,23,29,33-34H,9,14,19-22H2,1-3H3/t29-/m0/s1. The van der Waals surface area contributed by atoms with Gasteiger partial charge in [0.15, 0.2) is 5.78 Å². The van der Waals surface area contributed by atoms with Crippen molar-refractivity contribution in [1.29, 1.82) is 0 Å². The molecule has 0 spiro atoms. The highest BCUT2D eigenvalue weighted by Gasteiger charge is 2.22. The van der Waals surface area contributed by atoms with Gasteiger partial charge >= 0.3 is 5.97 Å². The average molecular weight is 531 g/mol. The van der Waals surface area contributed by atoms with Gasteiger partial charge in [-0.2, -0.15) is 0 Å². The number of methoxy groups -OCH3 is 1. The summed E-state index contributed by atoms with van der Waals surface area (Å²) in [6, 6.07) is 23.1. The molecule has 7 heteroatoms. The first-order valence-corrected chi connectivity index (χ1v) is 13.4. The number of ether oxygens (including phenoxy) is 2. The van der Waals surface area contributed by atoms with Crippen LogP contribution < -0.4 is 15.4 Å². The Balaban J connectivity index is 1.55. The molecule has 0 unspecified atom stereocenters. The maximum absolute atomic E-state index is 13.1. The van der Waals surface area contributed by atoms with E-state index in [4.69, 9.17) is 9.47 Å². The van der Waals surface area contributed by atoms with Crippen LogP contribution >= 0.6 is 0 Å². The number of ketones is 2. The molecule has 2 N–H and O–H groups in total. The number of Topliss-reactive ketones (excluding diaryl/α,β-unsaturated/α-hetero) is 1. The molecule has 0 fully saturated rings. The van der Waals surface area contributed by atoms with Gasteiger partial charge < -0.3 is 20.1 Å². The molecule has 0 aliphatic heterocycles. The predicted octanol–water partition coefficient (Wildman–Crippen LogP) is 5.09. The summed E-state index contributed by atoms with van der Waals surface area (Å²) >= 11 is 0. The van der Waals surface area contributed by atoms with Crippen molar-refractivity contribution in [1.82, 2.24) is 5.32 Å². The fourth-order valence-electron chi connectivity index (χ4n) is 4.08. The Morgan fingerprint density at radius 3 is 2.23 bits per heavy atom. The number of esters is 1. The molecular formula is C32H38N2O5. The van der Waals surface area contributed by atoms with Crippen LogP contribution in [0.5, 0.6) is 5.75 Å². The van der Waals surface area contributed by atoms with Gasteiger partial charge in [0.2, 0.25) is 0 Å². The summed E-state index contributed by atoms with van der Waals surface area (Å²) in [7, 11) is 1.35. The summed E-state index contributed by atoms with van der Waals surface area (Å²) < 4.78 is 10.9. The largest absolute Gasteiger partial charge is 0.492 e. The molecule has 0 bridgehead atoms. The quantitative estimate of drug-likeness (QED) is 0.151. The van der Waals surface area contributed by atoms with Crippen LogP contribution in [0.15, 0.2) is 78.9 Å². The zero-order valence-corrected chi connectivity index (χ0v) is 22.9. The van der Waals surface area contributed by atoms with E-state index in [0.717, 1.165) is 24.3 Å². The van der Waals surface area contributed by atoms with Crippen molar-refractivity contribution >= 4 is 23.2 Å². The Bertz CT molecular complexity index is 1210. The summed E-state index contributed by atoms with van der Waals surface area (Å²) in [5.41, 5.74) is 2.56. The molecular weight excluding hydrogens is 492 g/mol. The van der Waals surface area contributed by atoms with Crippen LogP contribution in [0.25, 0.3) is 0 Å². The first kappa shape index (κ1) is 29.6. The topological polar surface area (TPSA) is 93.7 Å². The van der Waals surface area contributed by atoms with Crippen molar-refractivity contribution < 1.29 is 23.9 Å². The molecule has 1 atom stereocenters. The second-order valence-electron chi connectivity index (χ2n) is 9.63. The van der Waals surface area contributed by atoms with E-state index in [2.05, 4.69) is 10.6 Å². The molecule has 3 aromatic rings. The Hall–Kier alpha value is -3.97. The van der Waals surface area contributed by atoms with E-state index in [9.17, 15) is 14.4 Å². The molecule has 0 aliphatic carbocycles. The monoisotopic (exact) mass is 530 g/mol. The lowest BCUT2D eigenvalue weighted by Crippen LogP contribution is -2.33. The van der Waals surface area contributed by atoms with Crippen molar-refractivity contribution in [3.63, 3.8) is 0 Å². The lowest BCUT2D eigenvalue weighted by atomic mass is 10.00. The highest BCUT2D eigenvalue weighted by atomic mass is 16.5. The Morgan fingerprint density at radius 1 is 0.846 bits per heavy atom. The molecule has 0 heterocycles. The van der Waals surface area contributed by atoms with Crippen molar-refractivity contribution in [2.45, 2.75) is 39.2 Å². The zero-order chi connectivity index (χ0) is 28.0. The summed E-state index contributed by atoms with van der Waals surface area (Å²) in [6.45, 7) is 5.83. The second-order valence-corrected chi connectivity index (χ2v) is 9.63. The van der Waals surface area contributed by atoms with E-state index in [0.29, 0.717) is 48.6 Å². The Labute approximate surface area is 230 Å². The number of nitrogens with one attached hydrogen (secondary N) is 2. The van der Waals surface area contributed by atoms with Crippen molar-refractivity contribution in [2.75, 3.05) is 32.1 Å². The third-order valence-corrected chi connectivity index (χ3v) is 6.35. The molecule has 206 valence electrons. The van der Waals surface area contributed by atoms with E-state index in [1.807, 2.05) is 62.4 Å². The summed E-state index contributed by atoms with van der Waals surface area (Å²) in [5.74, 6) is 0.579. The number of para-hydroxylation sites is 1. The van der Waals surface area contributed by atoms with Gasteiger partial charge in [-0.1, -0.05) is 68.4 Å². The third kappa shape index (κ3) is 9.37. The normalized spacial score (nSPS) is 11.6. The van der Waals surface area contributed by atoms with Crippen molar-refractivity contribution in [3.8, 4) is 5.75 Å². The van der Waals surface area contributed by atoms with Gasteiger partial charge in [0, 0.05) is 42.1 Å². The maximum atomic E-state index is 13.1. The number of carbonyl (C=O) groups is 3. The summed E-state index contributed by atoms with van der Waals surface area (Å²) in [4.78, 5) is 37.4. The molecule has 0 saturated heterocycles. The van der Waals surface area contributed by atoms with E-state index in [1.54, 1.807) is 30.3 Å². The number of carbonyl (C=O) groups excluding carboxylic acids is 3. The number of anilines is 1. The fourth-order valence-corrected chi connectivity index (χ4v) is 4.08. The minimum absolute atomic E-state index is 0.0923. The van der Waals surface area contributed by atoms with E-state index in [1.165, 1.54) is 7.11 Å². The lowest BCUT2D eigenvalue weighted by molar-refractivity contribution is -0.141. The van der Waals surface area contributed by atoms with Crippen LogP contribution in [-0.2, 0) is 20.7 Å². The molecule has 0 aromatic heterocycles. The molecule has 0 aliphatic rings. The molecule has 3 rings (SSSR count). The zero-order valence-electron chi connectivity index (χ0n) is 22.9. The van der Waals surface area contributed by atoms with Gasteiger partial charge in [0.1, 0.15) is 24.2 Å². The van der Waals surface area contributed by atoms with Crippen LogP contribution in [0.3, 0.4) is 0 Å². The van der Waals surface area contributed by atoms with Crippen LogP contribution in [0.1, 0.15) is 48.2 Å². The average Bonchev–Trinajstić information content (AvgIpc) is 2.96. The van der Waals surface area contributed by atoms with Crippen LogP contribution in [0.2, 0.25) is 0 Å². The summed E-state index contributed by atoms with van der Waals surface area (Å²) in [6.07, 6.45) is 1.80. The van der Waals surface area contributed by atoms with Crippen LogP contribution in [-0.4, -0.2) is 50.4 Å². The molecule has 0 saturated carbocycles. The first-order valence-electron chi connectivity index (χ1n) is 13.4. The fraction of sp³-hybridized carbons (Fsp3) is 0.344. The molecule has 3 aromatic carbocycles. The summed E-state index contributed by atoms with van der Waals surface area (Å²) in [5, 5.41) is 6.52. The van der Waals surface area contributed by atoms with Crippen LogP contribution in [0, 0.1) is 5.92 Å². The van der Waals surface area contributed by atoms with Crippen molar-refractivity contribution in [2.24, 2.45) is 5.92 Å². The maximum Gasteiger partial charge on any atom is 0.328 e. The van der Waals surface area contributed by atoms with E-state index < -0.39 is 12.0 Å². The Morgan fingerprint density at radius 2 is 1.54 bits per heavy atom. The second kappa shape index (κ2) is 15.4. The number of hydrogen-bond donors (Lipinski definition) is 2. The minimum atomic E-state index is -0.682. The highest BCUT2D eigenvalue weighted by molar-refractivity contribution is 6.12. The van der Waals surface area contributed by atoms with Gasteiger partial charge in [-0.25, -0.2) is 4.79 Å². The lowest BCUT2D eigenvalue weighted by Gasteiger charge is -2.20. The molecule has 0 radical (unpaired) electrons. The van der Waals surface area contributed by atoms with Gasteiger partial charge in [-0.05, 0) is 42.8 Å². The minimum Gasteiger partial charge on any atom is -0.492 e. The molecule has 0 amide bonds. The third-order valence-electron chi connectivity index (χ3n) is 6.35. The Kier molecular flexibility index (Phi) is 11.7. The molecule has 39 heavy (non-hydrogen) atoms. The number of rotatable bonds is 16. The van der Waals surface area contributed by atoms with Gasteiger partial charge in [-0.15, -0.1) is 0 Å². The first-order chi connectivity index (χ1) is 18.9. The van der Waals surface area contributed by atoms with Gasteiger partial charge in [0.05, 0.1) is 7.11 Å². The SMILES string of the molecule is COC(=O)[C@H](Cc1ccc(OCCNCCCC(=O)C(C)C)cc1)Nc1ccccc1C(=O)c1ccccc1. The highest BCUT2D eigenvalue weighted by Crippen LogP contribution is 2.22. The smallest absolute Gasteiger partial charge is 0.328 e. The number of hydrogen-bond acceptors (Lipinski definition) is 7. The number of benzene rings is 3. The van der Waals surface area contributed by atoms with Crippen molar-refractivity contribution in [3.05, 3.63) is 95.6 Å². The predicted molar refractivity (Wildman–Crippen MR) is 153 cm³/mol. The van der Waals surface area contributed by atoms with Gasteiger partial charge in [0.25, 0.3) is 0 Å². The van der Waals surface area contributed by atoms with Crippen LogP contribution in [0.4, 0.5) is 5.69 Å². The van der Waals surface area contributed by atoms with Gasteiger partial charge in [-0.3, -0.25) is 9.59 Å². The van der Waals surface area contributed by atoms with E-state index in [-0.39, 0.29) is 11.7 Å². The van der Waals surface area contributed by atoms with E-state index >= 15 is 0 Å².